The number of rotatable bonds is 3. The summed E-state index contributed by atoms with van der Waals surface area (Å²) in [5, 5.41) is -2.47. The van der Waals surface area contributed by atoms with Gasteiger partial charge in [0.25, 0.3) is 0 Å². The fourth-order valence-electron chi connectivity index (χ4n) is 1.99. The number of carbonyl (C=O) groups excluding carboxylic acids is 1. The van der Waals surface area contributed by atoms with Crippen molar-refractivity contribution in [1.29, 1.82) is 0 Å². The minimum absolute atomic E-state index is 0.249. The first kappa shape index (κ1) is 13.1. The van der Waals surface area contributed by atoms with Gasteiger partial charge in [0.2, 0.25) is 5.24 Å². The summed E-state index contributed by atoms with van der Waals surface area (Å²) in [7, 11) is 0. The fraction of sp³-hybridized carbons (Fsp3) is 0.889. The average molecular weight is 263 g/mol. The Morgan fingerprint density at radius 1 is 1.47 bits per heavy atom. The number of halogens is 5. The van der Waals surface area contributed by atoms with Crippen molar-refractivity contribution in [1.82, 2.24) is 0 Å². The molecule has 6 heteroatoms. The summed E-state index contributed by atoms with van der Waals surface area (Å²) in [6, 6.07) is 0. The third-order valence-electron chi connectivity index (χ3n) is 3.11. The van der Waals surface area contributed by atoms with Crippen LogP contribution >= 0.6 is 23.2 Å². The Kier molecular flexibility index (Phi) is 3.33. The fourth-order valence-corrected chi connectivity index (χ4v) is 2.62. The van der Waals surface area contributed by atoms with Gasteiger partial charge in [0, 0.05) is 5.92 Å². The van der Waals surface area contributed by atoms with E-state index in [0.717, 1.165) is 0 Å². The van der Waals surface area contributed by atoms with Gasteiger partial charge in [-0.25, -0.2) is 0 Å². The zero-order valence-corrected chi connectivity index (χ0v) is 9.75. The standard InChI is InChI=1S/C9H11Cl2F3O/c1-8(2)4(6(8)7(11)15)3-5(10)9(12,13)14/h4-6H,3H2,1-2H3/t4-,5?,6+/m0/s1. The van der Waals surface area contributed by atoms with Crippen molar-refractivity contribution in [3.63, 3.8) is 0 Å². The van der Waals surface area contributed by atoms with E-state index in [2.05, 4.69) is 0 Å². The Morgan fingerprint density at radius 2 is 1.93 bits per heavy atom. The van der Waals surface area contributed by atoms with Crippen LogP contribution in [0.2, 0.25) is 0 Å². The zero-order chi connectivity index (χ0) is 12.0. The second kappa shape index (κ2) is 3.81. The minimum atomic E-state index is -4.42. The molecule has 0 radical (unpaired) electrons. The lowest BCUT2D eigenvalue weighted by Crippen LogP contribution is -2.24. The van der Waals surface area contributed by atoms with Gasteiger partial charge in [-0.3, -0.25) is 4.79 Å². The van der Waals surface area contributed by atoms with Gasteiger partial charge in [-0.1, -0.05) is 13.8 Å². The van der Waals surface area contributed by atoms with Crippen molar-refractivity contribution in [3.8, 4) is 0 Å². The van der Waals surface area contributed by atoms with E-state index < -0.39 is 28.1 Å². The monoisotopic (exact) mass is 262 g/mol. The lowest BCUT2D eigenvalue weighted by Gasteiger charge is -2.13. The third kappa shape index (κ3) is 2.59. The van der Waals surface area contributed by atoms with Crippen LogP contribution in [0.3, 0.4) is 0 Å². The van der Waals surface area contributed by atoms with Gasteiger partial charge in [0.1, 0.15) is 5.38 Å². The molecule has 0 saturated heterocycles. The van der Waals surface area contributed by atoms with Crippen molar-refractivity contribution in [2.45, 2.75) is 31.8 Å². The summed E-state index contributed by atoms with van der Waals surface area (Å²) >= 11 is 10.5. The van der Waals surface area contributed by atoms with Crippen LogP contribution in [0.5, 0.6) is 0 Å². The third-order valence-corrected chi connectivity index (χ3v) is 3.77. The van der Waals surface area contributed by atoms with E-state index in [9.17, 15) is 18.0 Å². The van der Waals surface area contributed by atoms with Crippen LogP contribution in [-0.4, -0.2) is 16.8 Å². The van der Waals surface area contributed by atoms with E-state index >= 15 is 0 Å². The van der Waals surface area contributed by atoms with Crippen molar-refractivity contribution in [3.05, 3.63) is 0 Å². The predicted octanol–water partition coefficient (Wildman–Crippen LogP) is 3.58. The summed E-state index contributed by atoms with van der Waals surface area (Å²) in [6.45, 7) is 3.45. The molecule has 3 atom stereocenters. The molecule has 1 fully saturated rings. The molecule has 1 rings (SSSR count). The Morgan fingerprint density at radius 3 is 2.20 bits per heavy atom. The first-order chi connectivity index (χ1) is 6.58. The van der Waals surface area contributed by atoms with Crippen LogP contribution < -0.4 is 0 Å². The molecule has 0 heterocycles. The van der Waals surface area contributed by atoms with Crippen molar-refractivity contribution >= 4 is 28.4 Å². The second-order valence-corrected chi connectivity index (χ2v) is 5.35. The molecule has 15 heavy (non-hydrogen) atoms. The Bertz CT molecular complexity index is 275. The van der Waals surface area contributed by atoms with E-state index in [1.165, 1.54) is 0 Å². The molecule has 0 spiro atoms. The Labute approximate surface area is 95.9 Å². The lowest BCUT2D eigenvalue weighted by molar-refractivity contribution is -0.133. The van der Waals surface area contributed by atoms with Gasteiger partial charge < -0.3 is 0 Å². The number of hydrogen-bond donors (Lipinski definition) is 0. The van der Waals surface area contributed by atoms with Gasteiger partial charge in [-0.2, -0.15) is 13.2 Å². The molecular weight excluding hydrogens is 252 g/mol. The molecule has 0 aromatic rings. The second-order valence-electron chi connectivity index (χ2n) is 4.45. The van der Waals surface area contributed by atoms with E-state index in [1.807, 2.05) is 0 Å². The molecule has 0 N–H and O–H groups in total. The maximum absolute atomic E-state index is 12.2. The van der Waals surface area contributed by atoms with E-state index in [0.29, 0.717) is 0 Å². The van der Waals surface area contributed by atoms with Crippen molar-refractivity contribution in [2.75, 3.05) is 0 Å². The molecular formula is C9H11Cl2F3O. The quantitative estimate of drug-likeness (QED) is 0.561. The highest BCUT2D eigenvalue weighted by Gasteiger charge is 2.62. The highest BCUT2D eigenvalue weighted by Crippen LogP contribution is 2.62. The smallest absolute Gasteiger partial charge is 0.281 e. The number of carbonyl (C=O) groups is 1. The SMILES string of the molecule is CC1(C)[C@@H](CC(Cl)C(F)(F)F)[C@@H]1C(=O)Cl. The highest BCUT2D eigenvalue weighted by molar-refractivity contribution is 6.64. The van der Waals surface area contributed by atoms with E-state index in [-0.39, 0.29) is 12.3 Å². The molecule has 0 aromatic carbocycles. The van der Waals surface area contributed by atoms with Crippen molar-refractivity contribution in [2.24, 2.45) is 17.3 Å². The maximum atomic E-state index is 12.2. The van der Waals surface area contributed by atoms with Crippen LogP contribution in [0.1, 0.15) is 20.3 Å². The summed E-state index contributed by atoms with van der Waals surface area (Å²) < 4.78 is 36.5. The Hall–Kier alpha value is 0.0400. The topological polar surface area (TPSA) is 17.1 Å². The van der Waals surface area contributed by atoms with Crippen LogP contribution in [0.4, 0.5) is 13.2 Å². The molecule has 0 aromatic heterocycles. The lowest BCUT2D eigenvalue weighted by atomic mass is 10.1. The molecule has 1 aliphatic rings. The summed E-state index contributed by atoms with van der Waals surface area (Å²) in [4.78, 5) is 10.9. The molecule has 0 amide bonds. The van der Waals surface area contributed by atoms with E-state index in [4.69, 9.17) is 23.2 Å². The van der Waals surface area contributed by atoms with Gasteiger partial charge in [-0.05, 0) is 29.4 Å². The minimum Gasteiger partial charge on any atom is -0.281 e. The summed E-state index contributed by atoms with van der Waals surface area (Å²) in [6.07, 6.45) is -4.67. The molecule has 0 aliphatic heterocycles. The average Bonchev–Trinajstić information content (AvgIpc) is 2.50. The van der Waals surface area contributed by atoms with Crippen LogP contribution in [0, 0.1) is 17.3 Å². The predicted molar refractivity (Wildman–Crippen MR) is 51.9 cm³/mol. The number of hydrogen-bond acceptors (Lipinski definition) is 1. The number of alkyl halides is 4. The molecule has 1 saturated carbocycles. The van der Waals surface area contributed by atoms with E-state index in [1.54, 1.807) is 13.8 Å². The Balaban J connectivity index is 2.59. The molecule has 1 aliphatic carbocycles. The summed E-state index contributed by atoms with van der Waals surface area (Å²) in [5.74, 6) is -0.866. The molecule has 88 valence electrons. The summed E-state index contributed by atoms with van der Waals surface area (Å²) in [5.41, 5.74) is -0.461. The van der Waals surface area contributed by atoms with Gasteiger partial charge >= 0.3 is 6.18 Å². The first-order valence-corrected chi connectivity index (χ1v) is 5.30. The van der Waals surface area contributed by atoms with Crippen LogP contribution in [0.25, 0.3) is 0 Å². The van der Waals surface area contributed by atoms with Gasteiger partial charge in [-0.15, -0.1) is 11.6 Å². The molecule has 1 unspecified atom stereocenters. The highest BCUT2D eigenvalue weighted by atomic mass is 35.5. The van der Waals surface area contributed by atoms with Crippen molar-refractivity contribution < 1.29 is 18.0 Å². The molecule has 1 nitrogen and oxygen atoms in total. The largest absolute Gasteiger partial charge is 0.404 e. The first-order valence-electron chi connectivity index (χ1n) is 4.48. The normalized spacial score (nSPS) is 31.1. The zero-order valence-electron chi connectivity index (χ0n) is 8.24. The molecule has 0 bridgehead atoms. The van der Waals surface area contributed by atoms with Gasteiger partial charge in [0.15, 0.2) is 0 Å². The van der Waals surface area contributed by atoms with Crippen LogP contribution in [-0.2, 0) is 4.79 Å². The maximum Gasteiger partial charge on any atom is 0.404 e. The van der Waals surface area contributed by atoms with Gasteiger partial charge in [0.05, 0.1) is 0 Å². The van der Waals surface area contributed by atoms with Crippen LogP contribution in [0.15, 0.2) is 0 Å².